The Morgan fingerprint density at radius 3 is 1.24 bits per heavy atom. The summed E-state index contributed by atoms with van der Waals surface area (Å²) >= 11 is 12.1. The molecular weight excluding hydrogens is 459 g/mol. The van der Waals surface area contributed by atoms with Crippen molar-refractivity contribution in [2.24, 2.45) is 0 Å². The van der Waals surface area contributed by atoms with Crippen molar-refractivity contribution in [2.45, 2.75) is 0 Å². The highest BCUT2D eigenvalue weighted by molar-refractivity contribution is 6.31. The molecular formula is C30H18Cl2N2. The minimum absolute atomic E-state index is 0.589. The summed E-state index contributed by atoms with van der Waals surface area (Å²) in [5, 5.41) is 19.7. The van der Waals surface area contributed by atoms with Crippen LogP contribution in [-0.4, -0.2) is 0 Å². The summed E-state index contributed by atoms with van der Waals surface area (Å²) in [6, 6.07) is 31.3. The van der Waals surface area contributed by atoms with Gasteiger partial charge in [-0.25, -0.2) is 0 Å². The topological polar surface area (TPSA) is 47.6 Å². The fourth-order valence-electron chi connectivity index (χ4n) is 3.49. The molecule has 0 aliphatic carbocycles. The molecule has 162 valence electrons. The molecule has 0 amide bonds. The summed E-state index contributed by atoms with van der Waals surface area (Å²) in [5.41, 5.74) is 7.04. The van der Waals surface area contributed by atoms with Crippen LogP contribution >= 0.6 is 23.2 Å². The fraction of sp³-hybridized carbons (Fsp3) is 0. The maximum atomic E-state index is 9.27. The molecule has 0 atom stereocenters. The molecule has 0 radical (unpaired) electrons. The van der Waals surface area contributed by atoms with Crippen LogP contribution in [0.1, 0.15) is 33.4 Å². The van der Waals surface area contributed by atoms with Gasteiger partial charge in [0.05, 0.1) is 23.3 Å². The first kappa shape index (κ1) is 23.1. The lowest BCUT2D eigenvalue weighted by Gasteiger charge is -2.04. The van der Waals surface area contributed by atoms with Gasteiger partial charge >= 0.3 is 0 Å². The van der Waals surface area contributed by atoms with Crippen LogP contribution in [-0.2, 0) is 0 Å². The minimum Gasteiger partial charge on any atom is -0.192 e. The summed E-state index contributed by atoms with van der Waals surface area (Å²) in [7, 11) is 0. The van der Waals surface area contributed by atoms with Crippen molar-refractivity contribution in [2.75, 3.05) is 0 Å². The lowest BCUT2D eigenvalue weighted by Crippen LogP contribution is -1.83. The van der Waals surface area contributed by atoms with Gasteiger partial charge in [-0.2, -0.15) is 10.5 Å². The van der Waals surface area contributed by atoms with Crippen LogP contribution in [0.4, 0.5) is 0 Å². The monoisotopic (exact) mass is 476 g/mol. The molecule has 0 saturated carbocycles. The molecule has 4 aromatic rings. The van der Waals surface area contributed by atoms with Crippen molar-refractivity contribution in [3.05, 3.63) is 128 Å². The van der Waals surface area contributed by atoms with E-state index in [2.05, 4.69) is 36.4 Å². The lowest BCUT2D eigenvalue weighted by atomic mass is 10.0. The number of nitrogens with zero attached hydrogens (tertiary/aromatic N) is 2. The predicted octanol–water partition coefficient (Wildman–Crippen LogP) is 8.74. The van der Waals surface area contributed by atoms with E-state index in [0.29, 0.717) is 21.2 Å². The second kappa shape index (κ2) is 10.7. The highest BCUT2D eigenvalue weighted by Gasteiger charge is 2.02. The van der Waals surface area contributed by atoms with Gasteiger partial charge in [0.15, 0.2) is 0 Å². The Morgan fingerprint density at radius 2 is 0.882 bits per heavy atom. The summed E-state index contributed by atoms with van der Waals surface area (Å²) in [4.78, 5) is 0. The number of rotatable bonds is 5. The van der Waals surface area contributed by atoms with Gasteiger partial charge < -0.3 is 0 Å². The minimum atomic E-state index is 0.589. The zero-order chi connectivity index (χ0) is 23.9. The van der Waals surface area contributed by atoms with Crippen molar-refractivity contribution in [3.8, 4) is 23.3 Å². The molecule has 0 saturated heterocycles. The molecule has 0 aromatic heterocycles. The number of halogens is 2. The Kier molecular flexibility index (Phi) is 7.26. The molecule has 4 aromatic carbocycles. The molecule has 0 aliphatic heterocycles. The summed E-state index contributed by atoms with van der Waals surface area (Å²) in [5.74, 6) is 0. The first-order valence-corrected chi connectivity index (χ1v) is 11.3. The van der Waals surface area contributed by atoms with Gasteiger partial charge in [-0.05, 0) is 69.8 Å². The number of hydrogen-bond acceptors (Lipinski definition) is 2. The predicted molar refractivity (Wildman–Crippen MR) is 142 cm³/mol. The van der Waals surface area contributed by atoms with Gasteiger partial charge in [0.2, 0.25) is 0 Å². The van der Waals surface area contributed by atoms with Gasteiger partial charge in [0, 0.05) is 10.0 Å². The van der Waals surface area contributed by atoms with Crippen molar-refractivity contribution < 1.29 is 0 Å². The lowest BCUT2D eigenvalue weighted by molar-refractivity contribution is 1.47. The Morgan fingerprint density at radius 1 is 0.500 bits per heavy atom. The molecule has 0 aliphatic rings. The first-order chi connectivity index (χ1) is 16.6. The number of nitriles is 2. The first-order valence-electron chi connectivity index (χ1n) is 10.5. The Balaban J connectivity index is 1.48. The van der Waals surface area contributed by atoms with Gasteiger partial charge in [-0.1, -0.05) is 96.0 Å². The van der Waals surface area contributed by atoms with E-state index in [-0.39, 0.29) is 0 Å². The molecule has 2 nitrogen and oxygen atoms in total. The SMILES string of the molecule is N#Cc1ccc(Cl)cc1/C=C/c1ccc(-c2ccc(/C=C/c3cc(Cl)ccc3C#N)cc2)cc1. The molecule has 0 bridgehead atoms. The van der Waals surface area contributed by atoms with E-state index >= 15 is 0 Å². The molecule has 0 N–H and O–H groups in total. The quantitative estimate of drug-likeness (QED) is 0.270. The van der Waals surface area contributed by atoms with Crippen molar-refractivity contribution in [1.29, 1.82) is 10.5 Å². The summed E-state index contributed by atoms with van der Waals surface area (Å²) < 4.78 is 0. The van der Waals surface area contributed by atoms with Crippen LogP contribution in [0.2, 0.25) is 10.0 Å². The van der Waals surface area contributed by atoms with Gasteiger partial charge in [-0.3, -0.25) is 0 Å². The van der Waals surface area contributed by atoms with Crippen LogP contribution in [0.15, 0.2) is 84.9 Å². The normalized spacial score (nSPS) is 10.9. The molecule has 0 spiro atoms. The summed E-state index contributed by atoms with van der Waals surface area (Å²) in [6.07, 6.45) is 7.74. The van der Waals surface area contributed by atoms with Crippen LogP contribution in [0.25, 0.3) is 35.4 Å². The fourth-order valence-corrected chi connectivity index (χ4v) is 3.85. The molecule has 4 rings (SSSR count). The molecule has 0 unspecified atom stereocenters. The average molecular weight is 477 g/mol. The van der Waals surface area contributed by atoms with E-state index in [0.717, 1.165) is 33.4 Å². The summed E-state index contributed by atoms with van der Waals surface area (Å²) in [6.45, 7) is 0. The zero-order valence-electron chi connectivity index (χ0n) is 18.0. The van der Waals surface area contributed by atoms with Gasteiger partial charge in [0.25, 0.3) is 0 Å². The molecule has 34 heavy (non-hydrogen) atoms. The maximum Gasteiger partial charge on any atom is 0.0997 e. The molecule has 0 fully saturated rings. The van der Waals surface area contributed by atoms with E-state index < -0.39 is 0 Å². The smallest absolute Gasteiger partial charge is 0.0997 e. The molecule has 4 heteroatoms. The highest BCUT2D eigenvalue weighted by Crippen LogP contribution is 2.24. The van der Waals surface area contributed by atoms with Crippen LogP contribution in [0, 0.1) is 22.7 Å². The third-order valence-corrected chi connectivity index (χ3v) is 5.80. The number of benzene rings is 4. The third-order valence-electron chi connectivity index (χ3n) is 5.33. The Labute approximate surface area is 209 Å². The average Bonchev–Trinajstić information content (AvgIpc) is 2.87. The van der Waals surface area contributed by atoms with Crippen molar-refractivity contribution in [3.63, 3.8) is 0 Å². The second-order valence-electron chi connectivity index (χ2n) is 7.60. The molecule has 0 heterocycles. The Bertz CT molecular complexity index is 1350. The van der Waals surface area contributed by atoms with E-state index in [4.69, 9.17) is 23.2 Å². The van der Waals surface area contributed by atoms with Gasteiger partial charge in [-0.15, -0.1) is 0 Å². The van der Waals surface area contributed by atoms with E-state index in [1.807, 2.05) is 48.6 Å². The second-order valence-corrected chi connectivity index (χ2v) is 8.47. The standard InChI is InChI=1S/C30H18Cl2N2/c31-29-15-13-27(19-33)25(17-29)11-5-21-1-7-23(8-2-21)24-9-3-22(4-10-24)6-12-26-18-30(32)16-14-28(26)20-34/h1-18H/b11-5+,12-6+. The van der Waals surface area contributed by atoms with Crippen molar-refractivity contribution in [1.82, 2.24) is 0 Å². The Hall–Kier alpha value is -4.08. The van der Waals surface area contributed by atoms with E-state index in [9.17, 15) is 10.5 Å². The highest BCUT2D eigenvalue weighted by atomic mass is 35.5. The van der Waals surface area contributed by atoms with Crippen LogP contribution < -0.4 is 0 Å². The van der Waals surface area contributed by atoms with Crippen LogP contribution in [0.3, 0.4) is 0 Å². The zero-order valence-corrected chi connectivity index (χ0v) is 19.6. The largest absolute Gasteiger partial charge is 0.192 e. The van der Waals surface area contributed by atoms with E-state index in [1.54, 1.807) is 36.4 Å². The maximum absolute atomic E-state index is 9.27. The van der Waals surface area contributed by atoms with Gasteiger partial charge in [0.1, 0.15) is 0 Å². The van der Waals surface area contributed by atoms with E-state index in [1.165, 1.54) is 0 Å². The third kappa shape index (κ3) is 5.64. The van der Waals surface area contributed by atoms with Crippen molar-refractivity contribution >= 4 is 47.5 Å². The number of hydrogen-bond donors (Lipinski definition) is 0. The van der Waals surface area contributed by atoms with Crippen LogP contribution in [0.5, 0.6) is 0 Å².